The average molecular weight is 287 g/mol. The van der Waals surface area contributed by atoms with E-state index in [-0.39, 0.29) is 11.9 Å². The first-order chi connectivity index (χ1) is 10.1. The summed E-state index contributed by atoms with van der Waals surface area (Å²) in [5.41, 5.74) is 1.27. The highest BCUT2D eigenvalue weighted by Gasteiger charge is 2.12. The van der Waals surface area contributed by atoms with Crippen LogP contribution in [0.25, 0.3) is 0 Å². The molecule has 0 aliphatic rings. The van der Waals surface area contributed by atoms with E-state index in [1.54, 1.807) is 6.07 Å². The van der Waals surface area contributed by atoms with E-state index in [0.29, 0.717) is 12.2 Å². The van der Waals surface area contributed by atoms with Crippen molar-refractivity contribution in [3.8, 4) is 5.75 Å². The van der Waals surface area contributed by atoms with E-state index in [0.717, 1.165) is 11.3 Å². The van der Waals surface area contributed by atoms with E-state index in [2.05, 4.69) is 5.32 Å². The Bertz CT molecular complexity index is 610. The zero-order chi connectivity index (χ0) is 15.2. The van der Waals surface area contributed by atoms with Crippen molar-refractivity contribution in [1.29, 1.82) is 0 Å². The summed E-state index contributed by atoms with van der Waals surface area (Å²) in [4.78, 5) is 12.0. The van der Waals surface area contributed by atoms with E-state index in [4.69, 9.17) is 4.74 Å². The van der Waals surface area contributed by atoms with Crippen LogP contribution in [0, 0.1) is 5.82 Å². The zero-order valence-electron chi connectivity index (χ0n) is 12.1. The molecule has 2 rings (SSSR count). The summed E-state index contributed by atoms with van der Waals surface area (Å²) in [5.74, 6) is 0.0807. The van der Waals surface area contributed by atoms with Crippen LogP contribution in [-0.4, -0.2) is 12.5 Å². The monoisotopic (exact) mass is 287 g/mol. The third-order valence-electron chi connectivity index (χ3n) is 3.13. The van der Waals surface area contributed by atoms with Gasteiger partial charge in [0.25, 0.3) is 5.91 Å². The van der Waals surface area contributed by atoms with Gasteiger partial charge in [-0.2, -0.15) is 0 Å². The third-order valence-corrected chi connectivity index (χ3v) is 3.13. The van der Waals surface area contributed by atoms with Gasteiger partial charge in [0.1, 0.15) is 11.6 Å². The zero-order valence-corrected chi connectivity index (χ0v) is 12.1. The molecule has 2 aromatic carbocycles. The molecule has 0 aromatic heterocycles. The first-order valence-corrected chi connectivity index (χ1v) is 6.89. The van der Waals surface area contributed by atoms with Crippen LogP contribution in [0.1, 0.15) is 35.8 Å². The van der Waals surface area contributed by atoms with Crippen molar-refractivity contribution in [1.82, 2.24) is 5.32 Å². The maximum atomic E-state index is 13.1. The molecular weight excluding hydrogens is 269 g/mol. The summed E-state index contributed by atoms with van der Waals surface area (Å²) in [7, 11) is 0. The molecule has 0 aliphatic heterocycles. The minimum Gasteiger partial charge on any atom is -0.494 e. The van der Waals surface area contributed by atoms with Gasteiger partial charge in [0.15, 0.2) is 0 Å². The van der Waals surface area contributed by atoms with Crippen molar-refractivity contribution in [2.24, 2.45) is 0 Å². The molecule has 0 heterocycles. The Morgan fingerprint density at radius 3 is 2.57 bits per heavy atom. The Morgan fingerprint density at radius 1 is 1.24 bits per heavy atom. The topological polar surface area (TPSA) is 38.3 Å². The number of nitrogens with one attached hydrogen (secondary N) is 1. The van der Waals surface area contributed by atoms with Gasteiger partial charge < -0.3 is 10.1 Å². The van der Waals surface area contributed by atoms with Crippen LogP contribution in [0.5, 0.6) is 5.75 Å². The van der Waals surface area contributed by atoms with Crippen LogP contribution in [0.4, 0.5) is 4.39 Å². The molecule has 4 heteroatoms. The van der Waals surface area contributed by atoms with Crippen molar-refractivity contribution >= 4 is 5.91 Å². The molecule has 0 spiro atoms. The second-order valence-corrected chi connectivity index (χ2v) is 4.71. The molecule has 110 valence electrons. The van der Waals surface area contributed by atoms with Gasteiger partial charge in [0, 0.05) is 5.56 Å². The van der Waals surface area contributed by atoms with E-state index in [1.807, 2.05) is 38.1 Å². The van der Waals surface area contributed by atoms with Gasteiger partial charge in [-0.05, 0) is 49.7 Å². The standard InChI is InChI=1S/C17H18FNO2/c1-3-21-16-9-7-13(8-10-16)12(2)19-17(20)14-5-4-6-15(18)11-14/h4-12H,3H2,1-2H3,(H,19,20)/t12-/m0/s1. The Hall–Kier alpha value is -2.36. The molecule has 1 atom stereocenters. The number of hydrogen-bond acceptors (Lipinski definition) is 2. The number of hydrogen-bond donors (Lipinski definition) is 1. The maximum absolute atomic E-state index is 13.1. The van der Waals surface area contributed by atoms with Crippen LogP contribution in [0.15, 0.2) is 48.5 Å². The van der Waals surface area contributed by atoms with Crippen LogP contribution in [0.2, 0.25) is 0 Å². The highest BCUT2D eigenvalue weighted by molar-refractivity contribution is 5.94. The summed E-state index contributed by atoms with van der Waals surface area (Å²) >= 11 is 0. The summed E-state index contributed by atoms with van der Waals surface area (Å²) in [5, 5.41) is 2.84. The molecule has 3 nitrogen and oxygen atoms in total. The summed E-state index contributed by atoms with van der Waals surface area (Å²) in [6.07, 6.45) is 0. The third kappa shape index (κ3) is 4.05. The van der Waals surface area contributed by atoms with Crippen molar-refractivity contribution in [2.45, 2.75) is 19.9 Å². The minimum atomic E-state index is -0.420. The molecule has 0 saturated carbocycles. The number of ether oxygens (including phenoxy) is 1. The highest BCUT2D eigenvalue weighted by Crippen LogP contribution is 2.18. The molecular formula is C17H18FNO2. The number of halogens is 1. The van der Waals surface area contributed by atoms with E-state index < -0.39 is 5.82 Å². The Kier molecular flexibility index (Phi) is 4.93. The SMILES string of the molecule is CCOc1ccc([C@H](C)NC(=O)c2cccc(F)c2)cc1. The molecule has 21 heavy (non-hydrogen) atoms. The second kappa shape index (κ2) is 6.88. The van der Waals surface area contributed by atoms with E-state index in [9.17, 15) is 9.18 Å². The van der Waals surface area contributed by atoms with Crippen LogP contribution >= 0.6 is 0 Å². The number of rotatable bonds is 5. The normalized spacial score (nSPS) is 11.8. The summed E-state index contributed by atoms with van der Waals surface area (Å²) in [6, 6.07) is 13.0. The lowest BCUT2D eigenvalue weighted by atomic mass is 10.1. The molecule has 0 radical (unpaired) electrons. The quantitative estimate of drug-likeness (QED) is 0.910. The number of benzene rings is 2. The molecule has 1 N–H and O–H groups in total. The van der Waals surface area contributed by atoms with Crippen molar-refractivity contribution in [3.05, 3.63) is 65.5 Å². The van der Waals surface area contributed by atoms with Crippen LogP contribution < -0.4 is 10.1 Å². The highest BCUT2D eigenvalue weighted by atomic mass is 19.1. The Morgan fingerprint density at radius 2 is 1.95 bits per heavy atom. The van der Waals surface area contributed by atoms with Gasteiger partial charge in [-0.25, -0.2) is 4.39 Å². The number of amides is 1. The van der Waals surface area contributed by atoms with Gasteiger partial charge in [0.05, 0.1) is 12.6 Å². The molecule has 0 saturated heterocycles. The van der Waals surface area contributed by atoms with Crippen LogP contribution in [-0.2, 0) is 0 Å². The van der Waals surface area contributed by atoms with Gasteiger partial charge in [0.2, 0.25) is 0 Å². The largest absolute Gasteiger partial charge is 0.494 e. The van der Waals surface area contributed by atoms with Gasteiger partial charge >= 0.3 is 0 Å². The lowest BCUT2D eigenvalue weighted by Gasteiger charge is -2.15. The molecule has 0 bridgehead atoms. The number of carbonyl (C=O) groups excluding carboxylic acids is 1. The average Bonchev–Trinajstić information content (AvgIpc) is 2.48. The number of carbonyl (C=O) groups is 1. The first-order valence-electron chi connectivity index (χ1n) is 6.89. The predicted octanol–water partition coefficient (Wildman–Crippen LogP) is 3.72. The minimum absolute atomic E-state index is 0.170. The van der Waals surface area contributed by atoms with Gasteiger partial charge in [-0.15, -0.1) is 0 Å². The summed E-state index contributed by atoms with van der Waals surface area (Å²) < 4.78 is 18.5. The fourth-order valence-corrected chi connectivity index (χ4v) is 2.01. The summed E-state index contributed by atoms with van der Waals surface area (Å²) in [6.45, 7) is 4.42. The molecule has 1 amide bonds. The fourth-order valence-electron chi connectivity index (χ4n) is 2.01. The van der Waals surface area contributed by atoms with Gasteiger partial charge in [-0.3, -0.25) is 4.79 Å². The van der Waals surface area contributed by atoms with Crippen molar-refractivity contribution < 1.29 is 13.9 Å². The van der Waals surface area contributed by atoms with E-state index in [1.165, 1.54) is 18.2 Å². The molecule has 0 unspecified atom stereocenters. The molecule has 0 fully saturated rings. The fraction of sp³-hybridized carbons (Fsp3) is 0.235. The predicted molar refractivity (Wildman–Crippen MR) is 79.9 cm³/mol. The Labute approximate surface area is 123 Å². The Balaban J connectivity index is 2.03. The molecule has 2 aromatic rings. The smallest absolute Gasteiger partial charge is 0.251 e. The second-order valence-electron chi connectivity index (χ2n) is 4.71. The lowest BCUT2D eigenvalue weighted by molar-refractivity contribution is 0.0939. The van der Waals surface area contributed by atoms with Gasteiger partial charge in [-0.1, -0.05) is 18.2 Å². The van der Waals surface area contributed by atoms with Crippen LogP contribution in [0.3, 0.4) is 0 Å². The molecule has 0 aliphatic carbocycles. The maximum Gasteiger partial charge on any atom is 0.251 e. The van der Waals surface area contributed by atoms with E-state index >= 15 is 0 Å². The van der Waals surface area contributed by atoms with Crippen molar-refractivity contribution in [3.63, 3.8) is 0 Å². The van der Waals surface area contributed by atoms with Crippen molar-refractivity contribution in [2.75, 3.05) is 6.61 Å². The first kappa shape index (κ1) is 15.0. The lowest BCUT2D eigenvalue weighted by Crippen LogP contribution is -2.26.